The SMILES string of the molecule is Cc1c(O)cccc1C(=O)Nc1ccc(Br)nc1. The molecular formula is C13H11BrN2O2. The van der Waals surface area contributed by atoms with Gasteiger partial charge in [0.05, 0.1) is 11.9 Å². The molecule has 0 aliphatic carbocycles. The lowest BCUT2D eigenvalue weighted by atomic mass is 10.1. The van der Waals surface area contributed by atoms with E-state index < -0.39 is 0 Å². The molecule has 0 unspecified atom stereocenters. The van der Waals surface area contributed by atoms with Gasteiger partial charge in [0.2, 0.25) is 0 Å². The second-order valence-electron chi connectivity index (χ2n) is 3.77. The van der Waals surface area contributed by atoms with Crippen molar-refractivity contribution in [2.75, 3.05) is 5.32 Å². The van der Waals surface area contributed by atoms with Crippen LogP contribution in [0.25, 0.3) is 0 Å². The van der Waals surface area contributed by atoms with E-state index in [1.807, 2.05) is 0 Å². The molecule has 5 heteroatoms. The lowest BCUT2D eigenvalue weighted by Gasteiger charge is -2.08. The number of halogens is 1. The Hall–Kier alpha value is -1.88. The predicted molar refractivity (Wildman–Crippen MR) is 72.7 cm³/mol. The summed E-state index contributed by atoms with van der Waals surface area (Å²) in [6.45, 7) is 1.70. The van der Waals surface area contributed by atoms with E-state index in [2.05, 4.69) is 26.2 Å². The van der Waals surface area contributed by atoms with Gasteiger partial charge in [-0.1, -0.05) is 6.07 Å². The van der Waals surface area contributed by atoms with Gasteiger partial charge in [-0.05, 0) is 47.1 Å². The van der Waals surface area contributed by atoms with Gasteiger partial charge in [-0.15, -0.1) is 0 Å². The van der Waals surface area contributed by atoms with Crippen LogP contribution in [0.15, 0.2) is 41.1 Å². The Bertz CT molecular complexity index is 582. The van der Waals surface area contributed by atoms with Crippen LogP contribution >= 0.6 is 15.9 Å². The molecule has 0 saturated carbocycles. The Morgan fingerprint density at radius 3 is 2.78 bits per heavy atom. The number of hydrogen-bond acceptors (Lipinski definition) is 3. The standard InChI is InChI=1S/C13H11BrN2O2/c1-8-10(3-2-4-11(8)17)13(18)16-9-5-6-12(14)15-7-9/h2-7,17H,1H3,(H,16,18). The van der Waals surface area contributed by atoms with Crippen LogP contribution in [-0.4, -0.2) is 16.0 Å². The highest BCUT2D eigenvalue weighted by molar-refractivity contribution is 9.10. The molecule has 1 aromatic carbocycles. The highest BCUT2D eigenvalue weighted by atomic mass is 79.9. The first kappa shape index (κ1) is 12.6. The van der Waals surface area contributed by atoms with Crippen molar-refractivity contribution < 1.29 is 9.90 Å². The third-order valence-corrected chi connectivity index (χ3v) is 3.00. The molecule has 0 aliphatic heterocycles. The minimum absolute atomic E-state index is 0.108. The third kappa shape index (κ3) is 2.68. The van der Waals surface area contributed by atoms with Crippen LogP contribution in [0.1, 0.15) is 15.9 Å². The largest absolute Gasteiger partial charge is 0.508 e. The first-order chi connectivity index (χ1) is 8.58. The molecule has 4 nitrogen and oxygen atoms in total. The first-order valence-electron chi connectivity index (χ1n) is 5.29. The van der Waals surface area contributed by atoms with Crippen LogP contribution in [0, 0.1) is 6.92 Å². The summed E-state index contributed by atoms with van der Waals surface area (Å²) in [5, 5.41) is 12.3. The van der Waals surface area contributed by atoms with Gasteiger partial charge in [-0.2, -0.15) is 0 Å². The van der Waals surface area contributed by atoms with E-state index in [0.717, 1.165) is 0 Å². The van der Waals surface area contributed by atoms with Gasteiger partial charge < -0.3 is 10.4 Å². The molecule has 1 amide bonds. The fraction of sp³-hybridized carbons (Fsp3) is 0.0769. The number of carbonyl (C=O) groups is 1. The van der Waals surface area contributed by atoms with Crippen LogP contribution in [0.4, 0.5) is 5.69 Å². The number of hydrogen-bond donors (Lipinski definition) is 2. The molecule has 1 heterocycles. The van der Waals surface area contributed by atoms with Crippen molar-refractivity contribution >= 4 is 27.5 Å². The topological polar surface area (TPSA) is 62.2 Å². The lowest BCUT2D eigenvalue weighted by Crippen LogP contribution is -2.13. The number of nitrogens with zero attached hydrogens (tertiary/aromatic N) is 1. The van der Waals surface area contributed by atoms with Crippen LogP contribution in [0.2, 0.25) is 0 Å². The predicted octanol–water partition coefficient (Wildman–Crippen LogP) is 3.11. The average Bonchev–Trinajstić information content (AvgIpc) is 2.35. The van der Waals surface area contributed by atoms with Gasteiger partial charge in [-0.25, -0.2) is 4.98 Å². The first-order valence-corrected chi connectivity index (χ1v) is 6.08. The van der Waals surface area contributed by atoms with E-state index in [1.165, 1.54) is 0 Å². The Balaban J connectivity index is 2.22. The molecule has 2 N–H and O–H groups in total. The van der Waals surface area contributed by atoms with Gasteiger partial charge in [0.25, 0.3) is 5.91 Å². The molecule has 2 aromatic rings. The van der Waals surface area contributed by atoms with E-state index in [4.69, 9.17) is 0 Å². The number of carbonyl (C=O) groups excluding carboxylic acids is 1. The summed E-state index contributed by atoms with van der Waals surface area (Å²) in [7, 11) is 0. The van der Waals surface area contributed by atoms with Crippen molar-refractivity contribution in [3.63, 3.8) is 0 Å². The average molecular weight is 307 g/mol. The number of anilines is 1. The molecule has 1 aromatic heterocycles. The van der Waals surface area contributed by atoms with Crippen molar-refractivity contribution in [1.82, 2.24) is 4.98 Å². The summed E-state index contributed by atoms with van der Waals surface area (Å²) in [6, 6.07) is 8.33. The highest BCUT2D eigenvalue weighted by Gasteiger charge is 2.11. The molecule has 0 radical (unpaired) electrons. The number of phenolic OH excluding ortho intramolecular Hbond substituents is 1. The van der Waals surface area contributed by atoms with Crippen LogP contribution in [-0.2, 0) is 0 Å². The van der Waals surface area contributed by atoms with Gasteiger partial charge in [0.15, 0.2) is 0 Å². The summed E-state index contributed by atoms with van der Waals surface area (Å²) < 4.78 is 0.703. The summed E-state index contributed by atoms with van der Waals surface area (Å²) in [5.41, 5.74) is 1.60. The number of rotatable bonds is 2. The highest BCUT2D eigenvalue weighted by Crippen LogP contribution is 2.20. The molecule has 0 atom stereocenters. The minimum Gasteiger partial charge on any atom is -0.508 e. The van der Waals surface area contributed by atoms with Crippen molar-refractivity contribution in [3.05, 3.63) is 52.3 Å². The molecule has 18 heavy (non-hydrogen) atoms. The van der Waals surface area contributed by atoms with Crippen LogP contribution in [0.3, 0.4) is 0 Å². The number of nitrogens with one attached hydrogen (secondary N) is 1. The van der Waals surface area contributed by atoms with Gasteiger partial charge in [0, 0.05) is 11.1 Å². The van der Waals surface area contributed by atoms with E-state index in [1.54, 1.807) is 43.5 Å². The number of phenols is 1. The van der Waals surface area contributed by atoms with Crippen molar-refractivity contribution in [3.8, 4) is 5.75 Å². The maximum atomic E-state index is 12.0. The summed E-state index contributed by atoms with van der Waals surface area (Å²) in [4.78, 5) is 16.0. The number of aromatic hydroxyl groups is 1. The number of amides is 1. The molecular weight excluding hydrogens is 296 g/mol. The summed E-state index contributed by atoms with van der Waals surface area (Å²) in [5.74, 6) is -0.163. The Morgan fingerprint density at radius 2 is 2.11 bits per heavy atom. The smallest absolute Gasteiger partial charge is 0.256 e. The molecule has 0 fully saturated rings. The zero-order valence-electron chi connectivity index (χ0n) is 9.64. The number of benzene rings is 1. The molecule has 0 bridgehead atoms. The van der Waals surface area contributed by atoms with Crippen molar-refractivity contribution in [2.45, 2.75) is 6.92 Å². The van der Waals surface area contributed by atoms with Crippen LogP contribution < -0.4 is 5.32 Å². The third-order valence-electron chi connectivity index (χ3n) is 2.54. The minimum atomic E-state index is -0.271. The quantitative estimate of drug-likeness (QED) is 0.838. The normalized spacial score (nSPS) is 10.1. The second kappa shape index (κ2) is 5.18. The lowest BCUT2D eigenvalue weighted by molar-refractivity contribution is 0.102. The molecule has 0 saturated heterocycles. The Morgan fingerprint density at radius 1 is 1.33 bits per heavy atom. The maximum Gasteiger partial charge on any atom is 0.256 e. The van der Waals surface area contributed by atoms with E-state index in [-0.39, 0.29) is 11.7 Å². The second-order valence-corrected chi connectivity index (χ2v) is 4.59. The number of pyridine rings is 1. The van der Waals surface area contributed by atoms with Gasteiger partial charge >= 0.3 is 0 Å². The summed E-state index contributed by atoms with van der Waals surface area (Å²) in [6.07, 6.45) is 1.56. The van der Waals surface area contributed by atoms with Gasteiger partial charge in [0.1, 0.15) is 10.4 Å². The maximum absolute atomic E-state index is 12.0. The molecule has 0 spiro atoms. The van der Waals surface area contributed by atoms with E-state index >= 15 is 0 Å². The fourth-order valence-electron chi connectivity index (χ4n) is 1.52. The molecule has 92 valence electrons. The Labute approximate surface area is 113 Å². The van der Waals surface area contributed by atoms with Crippen molar-refractivity contribution in [1.29, 1.82) is 0 Å². The number of aromatic nitrogens is 1. The summed E-state index contributed by atoms with van der Waals surface area (Å²) >= 11 is 3.22. The van der Waals surface area contributed by atoms with Crippen molar-refractivity contribution in [2.24, 2.45) is 0 Å². The zero-order valence-corrected chi connectivity index (χ0v) is 11.2. The van der Waals surface area contributed by atoms with Gasteiger partial charge in [-0.3, -0.25) is 4.79 Å². The van der Waals surface area contributed by atoms with Crippen LogP contribution in [0.5, 0.6) is 5.75 Å². The zero-order chi connectivity index (χ0) is 13.1. The Kier molecular flexibility index (Phi) is 3.62. The van der Waals surface area contributed by atoms with E-state index in [0.29, 0.717) is 21.4 Å². The molecule has 0 aliphatic rings. The monoisotopic (exact) mass is 306 g/mol. The fourth-order valence-corrected chi connectivity index (χ4v) is 1.75. The van der Waals surface area contributed by atoms with E-state index in [9.17, 15) is 9.90 Å². The molecule has 2 rings (SSSR count).